The second-order valence-corrected chi connectivity index (χ2v) is 8.11. The molecule has 0 unspecified atom stereocenters. The molecule has 0 aliphatic rings. The van der Waals surface area contributed by atoms with Crippen LogP contribution in [0.1, 0.15) is 24.4 Å². The predicted octanol–water partition coefficient (Wildman–Crippen LogP) is 2.09. The summed E-state index contributed by atoms with van der Waals surface area (Å²) in [6.45, 7) is 6.60. The molecule has 0 aliphatic carbocycles. The third-order valence-electron chi connectivity index (χ3n) is 2.93. The van der Waals surface area contributed by atoms with Crippen LogP contribution in [-0.4, -0.2) is 24.0 Å². The Hall–Kier alpha value is -1.38. The standard InChI is InChI=1S/C13H20N4O2S2/c1-9(2)14-7-11-5-12(8-17(11)4)21(18,19)16-13-15-6-10(3)20-13/h5-6,8-9,14H,7H2,1-4H3,(H,15,16). The zero-order valence-electron chi connectivity index (χ0n) is 12.5. The van der Waals surface area contributed by atoms with Crippen LogP contribution in [0.25, 0.3) is 0 Å². The minimum Gasteiger partial charge on any atom is -0.352 e. The van der Waals surface area contributed by atoms with Crippen molar-refractivity contribution >= 4 is 26.5 Å². The van der Waals surface area contributed by atoms with E-state index in [4.69, 9.17) is 0 Å². The van der Waals surface area contributed by atoms with Gasteiger partial charge in [0.05, 0.1) is 0 Å². The predicted molar refractivity (Wildman–Crippen MR) is 85.0 cm³/mol. The molecule has 116 valence electrons. The molecule has 2 N–H and O–H groups in total. The fourth-order valence-corrected chi connectivity index (χ4v) is 3.78. The van der Waals surface area contributed by atoms with Crippen molar-refractivity contribution in [3.8, 4) is 0 Å². The first-order valence-electron chi connectivity index (χ1n) is 6.62. The molecule has 0 saturated carbocycles. The average molecular weight is 328 g/mol. The maximum atomic E-state index is 12.3. The number of nitrogens with one attached hydrogen (secondary N) is 2. The second kappa shape index (κ2) is 6.17. The summed E-state index contributed by atoms with van der Waals surface area (Å²) in [4.78, 5) is 5.23. The van der Waals surface area contributed by atoms with Gasteiger partial charge >= 0.3 is 0 Å². The lowest BCUT2D eigenvalue weighted by Gasteiger charge is -2.08. The summed E-state index contributed by atoms with van der Waals surface area (Å²) in [6.07, 6.45) is 3.26. The first kappa shape index (κ1) is 16.0. The van der Waals surface area contributed by atoms with E-state index in [0.717, 1.165) is 10.6 Å². The van der Waals surface area contributed by atoms with Crippen molar-refractivity contribution in [3.05, 3.63) is 29.0 Å². The zero-order valence-corrected chi connectivity index (χ0v) is 14.2. The third-order valence-corrected chi connectivity index (χ3v) is 5.19. The number of hydrogen-bond acceptors (Lipinski definition) is 5. The lowest BCUT2D eigenvalue weighted by atomic mass is 10.3. The Bertz CT molecular complexity index is 716. The molecule has 0 amide bonds. The monoisotopic (exact) mass is 328 g/mol. The molecule has 0 spiro atoms. The van der Waals surface area contributed by atoms with Gasteiger partial charge in [-0.05, 0) is 13.0 Å². The maximum Gasteiger partial charge on any atom is 0.265 e. The van der Waals surface area contributed by atoms with E-state index in [2.05, 4.69) is 15.0 Å². The van der Waals surface area contributed by atoms with Gasteiger partial charge in [0.15, 0.2) is 5.13 Å². The SMILES string of the molecule is Cc1cnc(NS(=O)(=O)c2cc(CNC(C)C)n(C)c2)s1. The van der Waals surface area contributed by atoms with E-state index in [1.165, 1.54) is 11.3 Å². The number of nitrogens with zero attached hydrogens (tertiary/aromatic N) is 2. The van der Waals surface area contributed by atoms with Crippen LogP contribution in [-0.2, 0) is 23.6 Å². The van der Waals surface area contributed by atoms with E-state index in [1.54, 1.807) is 18.5 Å². The molecule has 2 aromatic rings. The summed E-state index contributed by atoms with van der Waals surface area (Å²) in [5.41, 5.74) is 0.916. The Labute approximate surface area is 129 Å². The smallest absolute Gasteiger partial charge is 0.265 e. The summed E-state index contributed by atoms with van der Waals surface area (Å²) in [6, 6.07) is 2.02. The maximum absolute atomic E-state index is 12.3. The van der Waals surface area contributed by atoms with Crippen molar-refractivity contribution in [2.75, 3.05) is 4.72 Å². The van der Waals surface area contributed by atoms with Crippen LogP contribution in [0.2, 0.25) is 0 Å². The number of aryl methyl sites for hydroxylation is 2. The molecule has 6 nitrogen and oxygen atoms in total. The van der Waals surface area contributed by atoms with Crippen LogP contribution in [0.5, 0.6) is 0 Å². The average Bonchev–Trinajstić information content (AvgIpc) is 2.93. The highest BCUT2D eigenvalue weighted by Crippen LogP contribution is 2.22. The van der Waals surface area contributed by atoms with Crippen molar-refractivity contribution in [1.29, 1.82) is 0 Å². The summed E-state index contributed by atoms with van der Waals surface area (Å²) in [5.74, 6) is 0. The van der Waals surface area contributed by atoms with Crippen molar-refractivity contribution < 1.29 is 8.42 Å². The molecule has 0 radical (unpaired) electrons. The van der Waals surface area contributed by atoms with Gasteiger partial charge in [-0.15, -0.1) is 11.3 Å². The summed E-state index contributed by atoms with van der Waals surface area (Å²) < 4.78 is 29.0. The van der Waals surface area contributed by atoms with Gasteiger partial charge in [-0.2, -0.15) is 0 Å². The molecule has 0 fully saturated rings. The lowest BCUT2D eigenvalue weighted by molar-refractivity contribution is 0.571. The van der Waals surface area contributed by atoms with Crippen LogP contribution >= 0.6 is 11.3 Å². The summed E-state index contributed by atoms with van der Waals surface area (Å²) >= 11 is 1.31. The van der Waals surface area contributed by atoms with Crippen molar-refractivity contribution in [2.45, 2.75) is 38.3 Å². The highest BCUT2D eigenvalue weighted by atomic mass is 32.2. The molecule has 8 heteroatoms. The van der Waals surface area contributed by atoms with Crippen molar-refractivity contribution in [2.24, 2.45) is 7.05 Å². The lowest BCUT2D eigenvalue weighted by Crippen LogP contribution is -2.22. The van der Waals surface area contributed by atoms with Gasteiger partial charge in [-0.3, -0.25) is 4.72 Å². The Morgan fingerprint density at radius 1 is 1.43 bits per heavy atom. The number of aromatic nitrogens is 2. The highest BCUT2D eigenvalue weighted by molar-refractivity contribution is 7.93. The van der Waals surface area contributed by atoms with Crippen LogP contribution in [0, 0.1) is 6.92 Å². The first-order valence-corrected chi connectivity index (χ1v) is 8.92. The molecule has 2 rings (SSSR count). The molecule has 0 bridgehead atoms. The molecule has 2 aromatic heterocycles. The fourth-order valence-electron chi connectivity index (χ4n) is 1.78. The van der Waals surface area contributed by atoms with E-state index in [1.807, 2.05) is 32.4 Å². The van der Waals surface area contributed by atoms with Gasteiger partial charge in [0.25, 0.3) is 10.0 Å². The fraction of sp³-hybridized carbons (Fsp3) is 0.462. The van der Waals surface area contributed by atoms with E-state index < -0.39 is 10.0 Å². The van der Waals surface area contributed by atoms with Crippen LogP contribution in [0.4, 0.5) is 5.13 Å². The topological polar surface area (TPSA) is 76.0 Å². The molecular weight excluding hydrogens is 308 g/mol. The van der Waals surface area contributed by atoms with E-state index >= 15 is 0 Å². The molecule has 0 aromatic carbocycles. The number of rotatable bonds is 6. The van der Waals surface area contributed by atoms with E-state index in [0.29, 0.717) is 17.7 Å². The second-order valence-electron chi connectivity index (χ2n) is 5.20. The van der Waals surface area contributed by atoms with Gasteiger partial charge in [-0.25, -0.2) is 13.4 Å². The van der Waals surface area contributed by atoms with Gasteiger partial charge in [0, 0.05) is 42.6 Å². The minimum absolute atomic E-state index is 0.249. The normalized spacial score (nSPS) is 12.0. The third kappa shape index (κ3) is 4.05. The van der Waals surface area contributed by atoms with E-state index in [9.17, 15) is 8.42 Å². The molecule has 0 aliphatic heterocycles. The summed E-state index contributed by atoms with van der Waals surface area (Å²) in [7, 11) is -1.75. The van der Waals surface area contributed by atoms with Crippen molar-refractivity contribution in [1.82, 2.24) is 14.9 Å². The molecule has 2 heterocycles. The highest BCUT2D eigenvalue weighted by Gasteiger charge is 2.19. The Balaban J connectivity index is 2.18. The van der Waals surface area contributed by atoms with Gasteiger partial charge in [0.2, 0.25) is 0 Å². The number of anilines is 1. The Morgan fingerprint density at radius 2 is 2.14 bits per heavy atom. The Morgan fingerprint density at radius 3 is 2.71 bits per heavy atom. The minimum atomic E-state index is -3.59. The van der Waals surface area contributed by atoms with Crippen LogP contribution in [0.15, 0.2) is 23.4 Å². The van der Waals surface area contributed by atoms with E-state index in [-0.39, 0.29) is 4.90 Å². The number of hydrogen-bond donors (Lipinski definition) is 2. The number of sulfonamides is 1. The first-order chi connectivity index (χ1) is 9.78. The largest absolute Gasteiger partial charge is 0.352 e. The molecule has 21 heavy (non-hydrogen) atoms. The van der Waals surface area contributed by atoms with Gasteiger partial charge < -0.3 is 9.88 Å². The van der Waals surface area contributed by atoms with Gasteiger partial charge in [0.1, 0.15) is 4.90 Å². The Kier molecular flexibility index (Phi) is 4.70. The van der Waals surface area contributed by atoms with Crippen LogP contribution < -0.4 is 10.0 Å². The van der Waals surface area contributed by atoms with Crippen LogP contribution in [0.3, 0.4) is 0 Å². The zero-order chi connectivity index (χ0) is 15.6. The quantitative estimate of drug-likeness (QED) is 0.851. The molecule has 0 saturated heterocycles. The molecular formula is C13H20N4O2S2. The summed E-state index contributed by atoms with van der Waals surface area (Å²) in [5, 5.41) is 3.66. The van der Waals surface area contributed by atoms with Crippen molar-refractivity contribution in [3.63, 3.8) is 0 Å². The molecule has 0 atom stereocenters. The number of thiazole rings is 1. The van der Waals surface area contributed by atoms with Gasteiger partial charge in [-0.1, -0.05) is 13.8 Å².